The fraction of sp³-hybridized carbons (Fsp3) is 0.278. The lowest BCUT2D eigenvalue weighted by atomic mass is 10.1. The van der Waals surface area contributed by atoms with Gasteiger partial charge in [-0.1, -0.05) is 44.2 Å². The molecule has 2 aromatic rings. The molecule has 0 bridgehead atoms. The minimum Gasteiger partial charge on any atom is -0.322 e. The Morgan fingerprint density at radius 1 is 1.05 bits per heavy atom. The number of benzene rings is 2. The molecular weight excluding hydrogens is 278 g/mol. The Balaban J connectivity index is 2.20. The number of hydrogen-bond donors (Lipinski definition) is 1. The molecule has 0 saturated carbocycles. The Kier molecular flexibility index (Phi) is 5.88. The summed E-state index contributed by atoms with van der Waals surface area (Å²) in [6, 6.07) is 15.8. The molecule has 0 aromatic heterocycles. The highest BCUT2D eigenvalue weighted by molar-refractivity contribution is 7.99. The third-order valence-electron chi connectivity index (χ3n) is 3.24. The summed E-state index contributed by atoms with van der Waals surface area (Å²) >= 11 is 1.74. The van der Waals surface area contributed by atoms with E-state index in [2.05, 4.69) is 19.2 Å². The molecule has 3 heteroatoms. The zero-order chi connectivity index (χ0) is 15.1. The van der Waals surface area contributed by atoms with Crippen LogP contribution >= 0.6 is 11.8 Å². The molecule has 0 fully saturated rings. The van der Waals surface area contributed by atoms with Crippen molar-refractivity contribution in [3.8, 4) is 0 Å². The molecule has 2 rings (SSSR count). The van der Waals surface area contributed by atoms with Crippen LogP contribution in [0, 0.1) is 0 Å². The van der Waals surface area contributed by atoms with E-state index in [1.54, 1.807) is 11.8 Å². The van der Waals surface area contributed by atoms with Crippen molar-refractivity contribution >= 4 is 23.4 Å². The molecule has 0 spiro atoms. The number of thioether (sulfide) groups is 1. The summed E-state index contributed by atoms with van der Waals surface area (Å²) < 4.78 is 0. The fourth-order valence-corrected chi connectivity index (χ4v) is 3.05. The lowest BCUT2D eigenvalue weighted by Gasteiger charge is -2.12. The fourth-order valence-electron chi connectivity index (χ4n) is 2.13. The van der Waals surface area contributed by atoms with Crippen molar-refractivity contribution in [2.75, 3.05) is 11.1 Å². The van der Waals surface area contributed by atoms with Crippen LogP contribution in [0.15, 0.2) is 53.4 Å². The van der Waals surface area contributed by atoms with Gasteiger partial charge in [0.2, 0.25) is 0 Å². The van der Waals surface area contributed by atoms with Crippen molar-refractivity contribution in [1.82, 2.24) is 0 Å². The summed E-state index contributed by atoms with van der Waals surface area (Å²) in [5, 5.41) is 3.04. The number of aryl methyl sites for hydroxylation is 1. The normalized spacial score (nSPS) is 10.4. The van der Waals surface area contributed by atoms with Crippen LogP contribution in [0.5, 0.6) is 0 Å². The van der Waals surface area contributed by atoms with Gasteiger partial charge in [0.25, 0.3) is 5.91 Å². The number of anilines is 1. The van der Waals surface area contributed by atoms with E-state index in [0.717, 1.165) is 40.3 Å². The number of amides is 1. The van der Waals surface area contributed by atoms with E-state index in [1.165, 1.54) is 0 Å². The maximum atomic E-state index is 12.5. The topological polar surface area (TPSA) is 29.1 Å². The number of nitrogens with one attached hydrogen (secondary N) is 1. The van der Waals surface area contributed by atoms with Crippen LogP contribution in [-0.4, -0.2) is 11.7 Å². The second kappa shape index (κ2) is 7.89. The number of para-hydroxylation sites is 1. The third-order valence-corrected chi connectivity index (χ3v) is 4.52. The first kappa shape index (κ1) is 15.6. The van der Waals surface area contributed by atoms with Crippen LogP contribution in [0.4, 0.5) is 5.69 Å². The molecule has 0 aliphatic carbocycles. The van der Waals surface area contributed by atoms with Gasteiger partial charge in [-0.05, 0) is 42.4 Å². The molecule has 1 amide bonds. The molecule has 21 heavy (non-hydrogen) atoms. The van der Waals surface area contributed by atoms with Crippen LogP contribution in [0.3, 0.4) is 0 Å². The second-order valence-corrected chi connectivity index (χ2v) is 5.95. The van der Waals surface area contributed by atoms with Crippen molar-refractivity contribution in [1.29, 1.82) is 0 Å². The average Bonchev–Trinajstić information content (AvgIpc) is 2.53. The first-order chi connectivity index (χ1) is 10.3. The maximum absolute atomic E-state index is 12.5. The van der Waals surface area contributed by atoms with Gasteiger partial charge in [-0.25, -0.2) is 0 Å². The predicted molar refractivity (Wildman–Crippen MR) is 91.2 cm³/mol. The minimum atomic E-state index is -0.0323. The molecule has 0 radical (unpaired) electrons. The van der Waals surface area contributed by atoms with E-state index in [0.29, 0.717) is 0 Å². The first-order valence-corrected chi connectivity index (χ1v) is 8.35. The van der Waals surface area contributed by atoms with Gasteiger partial charge in [-0.15, -0.1) is 11.8 Å². The predicted octanol–water partition coefficient (Wildman–Crippen LogP) is 5.00. The van der Waals surface area contributed by atoms with Crippen LogP contribution < -0.4 is 5.32 Å². The molecule has 0 heterocycles. The quantitative estimate of drug-likeness (QED) is 0.760. The number of rotatable bonds is 6. The molecule has 110 valence electrons. The Bertz CT molecular complexity index is 610. The van der Waals surface area contributed by atoms with Gasteiger partial charge in [-0.2, -0.15) is 0 Å². The monoisotopic (exact) mass is 299 g/mol. The second-order valence-electron chi connectivity index (χ2n) is 4.81. The van der Waals surface area contributed by atoms with Crippen molar-refractivity contribution in [3.63, 3.8) is 0 Å². The minimum absolute atomic E-state index is 0.0323. The number of hydrogen-bond acceptors (Lipinski definition) is 2. The van der Waals surface area contributed by atoms with Gasteiger partial charge < -0.3 is 5.32 Å². The first-order valence-electron chi connectivity index (χ1n) is 7.37. The summed E-state index contributed by atoms with van der Waals surface area (Å²) in [6.07, 6.45) is 2.00. The highest BCUT2D eigenvalue weighted by Crippen LogP contribution is 2.25. The molecule has 0 aliphatic rings. The van der Waals surface area contributed by atoms with Crippen molar-refractivity contribution in [2.45, 2.75) is 31.6 Å². The Morgan fingerprint density at radius 2 is 1.76 bits per heavy atom. The molecule has 0 unspecified atom stereocenters. The van der Waals surface area contributed by atoms with Crippen molar-refractivity contribution in [2.24, 2.45) is 0 Å². The lowest BCUT2D eigenvalue weighted by molar-refractivity contribution is 0.102. The van der Waals surface area contributed by atoms with Gasteiger partial charge >= 0.3 is 0 Å². The SMILES string of the molecule is CCCSc1ccccc1C(=O)Nc1ccccc1CC. The zero-order valence-electron chi connectivity index (χ0n) is 12.6. The van der Waals surface area contributed by atoms with Crippen LogP contribution in [0.1, 0.15) is 36.2 Å². The molecule has 1 N–H and O–H groups in total. The van der Waals surface area contributed by atoms with Crippen LogP contribution in [-0.2, 0) is 6.42 Å². The highest BCUT2D eigenvalue weighted by Gasteiger charge is 2.12. The van der Waals surface area contributed by atoms with Crippen molar-refractivity contribution in [3.05, 3.63) is 59.7 Å². The smallest absolute Gasteiger partial charge is 0.256 e. The molecule has 2 nitrogen and oxygen atoms in total. The van der Waals surface area contributed by atoms with E-state index in [-0.39, 0.29) is 5.91 Å². The standard InChI is InChI=1S/C18H21NOS/c1-3-13-21-17-12-8-6-10-15(17)18(20)19-16-11-7-5-9-14(16)4-2/h5-12H,3-4,13H2,1-2H3,(H,19,20). The van der Waals surface area contributed by atoms with Crippen LogP contribution in [0.25, 0.3) is 0 Å². The average molecular weight is 299 g/mol. The molecular formula is C18H21NOS. The van der Waals surface area contributed by atoms with Gasteiger partial charge in [0.05, 0.1) is 5.56 Å². The summed E-state index contributed by atoms with van der Waals surface area (Å²) in [6.45, 7) is 4.24. The summed E-state index contributed by atoms with van der Waals surface area (Å²) in [4.78, 5) is 13.6. The van der Waals surface area contributed by atoms with E-state index in [9.17, 15) is 4.79 Å². The van der Waals surface area contributed by atoms with Gasteiger partial charge in [0, 0.05) is 10.6 Å². The summed E-state index contributed by atoms with van der Waals surface area (Å²) in [5.41, 5.74) is 2.81. The van der Waals surface area contributed by atoms with Crippen molar-refractivity contribution < 1.29 is 4.79 Å². The third kappa shape index (κ3) is 4.11. The summed E-state index contributed by atoms with van der Waals surface area (Å²) in [5.74, 6) is 0.991. The maximum Gasteiger partial charge on any atom is 0.256 e. The summed E-state index contributed by atoms with van der Waals surface area (Å²) in [7, 11) is 0. The Morgan fingerprint density at radius 3 is 2.52 bits per heavy atom. The Hall–Kier alpha value is -1.74. The Labute approximate surface area is 131 Å². The molecule has 0 saturated heterocycles. The number of carbonyl (C=O) groups is 1. The van der Waals surface area contributed by atoms with Gasteiger partial charge in [0.1, 0.15) is 0 Å². The van der Waals surface area contributed by atoms with Crippen LogP contribution in [0.2, 0.25) is 0 Å². The number of carbonyl (C=O) groups excluding carboxylic acids is 1. The highest BCUT2D eigenvalue weighted by atomic mass is 32.2. The van der Waals surface area contributed by atoms with Gasteiger partial charge in [-0.3, -0.25) is 4.79 Å². The largest absolute Gasteiger partial charge is 0.322 e. The molecule has 0 aliphatic heterocycles. The van der Waals surface area contributed by atoms with E-state index in [4.69, 9.17) is 0 Å². The van der Waals surface area contributed by atoms with E-state index in [1.807, 2.05) is 48.5 Å². The molecule has 2 aromatic carbocycles. The zero-order valence-corrected chi connectivity index (χ0v) is 13.4. The molecule has 0 atom stereocenters. The van der Waals surface area contributed by atoms with Gasteiger partial charge in [0.15, 0.2) is 0 Å². The van der Waals surface area contributed by atoms with E-state index < -0.39 is 0 Å². The lowest BCUT2D eigenvalue weighted by Crippen LogP contribution is -2.14. The van der Waals surface area contributed by atoms with E-state index >= 15 is 0 Å².